The van der Waals surface area contributed by atoms with Gasteiger partial charge in [0.15, 0.2) is 5.13 Å². The van der Waals surface area contributed by atoms with E-state index in [1.807, 2.05) is 12.3 Å². The number of aryl methyl sites for hydroxylation is 4. The number of nitro benzene ring substituents is 1. The zero-order valence-corrected chi connectivity index (χ0v) is 16.3. The number of nitrogens with zero attached hydrogens (tertiary/aromatic N) is 2. The smallest absolute Gasteiger partial charge is 0.272 e. The number of hydrogen-bond acceptors (Lipinski definition) is 5. The lowest BCUT2D eigenvalue weighted by molar-refractivity contribution is -0.385. The van der Waals surface area contributed by atoms with Crippen molar-refractivity contribution in [3.05, 3.63) is 73.6 Å². The number of amides is 1. The lowest BCUT2D eigenvalue weighted by atomic mass is 9.99. The third-order valence-corrected chi connectivity index (χ3v) is 5.25. The van der Waals surface area contributed by atoms with Crippen molar-refractivity contribution in [2.45, 2.75) is 27.7 Å². The number of rotatable bonds is 4. The molecular formula is C20H19N3O3S. The maximum absolute atomic E-state index is 12.4. The molecule has 1 amide bonds. The van der Waals surface area contributed by atoms with Crippen LogP contribution in [0.3, 0.4) is 0 Å². The van der Waals surface area contributed by atoms with E-state index in [0.717, 1.165) is 16.8 Å². The Labute approximate surface area is 161 Å². The predicted molar refractivity (Wildman–Crippen MR) is 108 cm³/mol. The number of thiazole rings is 1. The molecule has 138 valence electrons. The summed E-state index contributed by atoms with van der Waals surface area (Å²) in [5.41, 5.74) is 6.21. The van der Waals surface area contributed by atoms with Gasteiger partial charge in [0, 0.05) is 28.1 Å². The van der Waals surface area contributed by atoms with Crippen molar-refractivity contribution >= 4 is 28.1 Å². The van der Waals surface area contributed by atoms with E-state index in [-0.39, 0.29) is 11.6 Å². The van der Waals surface area contributed by atoms with Crippen molar-refractivity contribution in [1.82, 2.24) is 4.98 Å². The molecule has 2 aromatic carbocycles. The Morgan fingerprint density at radius 2 is 1.74 bits per heavy atom. The number of carbonyl (C=O) groups is 1. The molecule has 0 unspecified atom stereocenters. The summed E-state index contributed by atoms with van der Waals surface area (Å²) in [5.74, 6) is -0.342. The lowest BCUT2D eigenvalue weighted by Gasteiger charge is -2.07. The van der Waals surface area contributed by atoms with Crippen LogP contribution < -0.4 is 5.32 Å². The molecule has 0 spiro atoms. The molecule has 0 aliphatic rings. The van der Waals surface area contributed by atoms with Gasteiger partial charge in [-0.3, -0.25) is 20.2 Å². The second-order valence-electron chi connectivity index (χ2n) is 6.50. The van der Waals surface area contributed by atoms with Crippen LogP contribution in [0.25, 0.3) is 11.3 Å². The van der Waals surface area contributed by atoms with E-state index < -0.39 is 4.92 Å². The summed E-state index contributed by atoms with van der Waals surface area (Å²) in [5, 5.41) is 16.1. The Bertz CT molecular complexity index is 1060. The molecular weight excluding hydrogens is 362 g/mol. The fraction of sp³-hybridized carbons (Fsp3) is 0.200. The molecule has 0 aliphatic heterocycles. The van der Waals surface area contributed by atoms with Crippen molar-refractivity contribution in [3.63, 3.8) is 0 Å². The number of carbonyl (C=O) groups excluding carboxylic acids is 1. The normalized spacial score (nSPS) is 10.7. The van der Waals surface area contributed by atoms with E-state index in [1.165, 1.54) is 40.7 Å². The highest BCUT2D eigenvalue weighted by Crippen LogP contribution is 2.30. The van der Waals surface area contributed by atoms with Crippen molar-refractivity contribution in [2.24, 2.45) is 0 Å². The first kappa shape index (κ1) is 18.7. The Kier molecular flexibility index (Phi) is 5.05. The highest BCUT2D eigenvalue weighted by atomic mass is 32.1. The van der Waals surface area contributed by atoms with Crippen LogP contribution in [0.5, 0.6) is 0 Å². The summed E-state index contributed by atoms with van der Waals surface area (Å²) in [4.78, 5) is 27.4. The molecule has 1 N–H and O–H groups in total. The van der Waals surface area contributed by atoms with Crippen LogP contribution >= 0.6 is 11.3 Å². The Morgan fingerprint density at radius 1 is 1.04 bits per heavy atom. The van der Waals surface area contributed by atoms with Crippen LogP contribution in [0.1, 0.15) is 32.6 Å². The zero-order chi connectivity index (χ0) is 19.7. The summed E-state index contributed by atoms with van der Waals surface area (Å²) in [6.07, 6.45) is 0. The molecule has 7 heteroatoms. The van der Waals surface area contributed by atoms with Crippen LogP contribution in [0.4, 0.5) is 10.8 Å². The van der Waals surface area contributed by atoms with Gasteiger partial charge in [-0.25, -0.2) is 4.98 Å². The third-order valence-electron chi connectivity index (χ3n) is 4.50. The van der Waals surface area contributed by atoms with Gasteiger partial charge in [0.1, 0.15) is 0 Å². The second kappa shape index (κ2) is 7.28. The molecule has 1 heterocycles. The van der Waals surface area contributed by atoms with Gasteiger partial charge in [-0.05, 0) is 62.6 Å². The quantitative estimate of drug-likeness (QED) is 0.497. The van der Waals surface area contributed by atoms with Gasteiger partial charge in [0.25, 0.3) is 11.6 Å². The van der Waals surface area contributed by atoms with Crippen molar-refractivity contribution in [3.8, 4) is 11.3 Å². The largest absolute Gasteiger partial charge is 0.298 e. The highest BCUT2D eigenvalue weighted by molar-refractivity contribution is 7.14. The first-order valence-corrected chi connectivity index (χ1v) is 9.24. The lowest BCUT2D eigenvalue weighted by Crippen LogP contribution is -2.12. The van der Waals surface area contributed by atoms with E-state index in [0.29, 0.717) is 16.3 Å². The topological polar surface area (TPSA) is 85.1 Å². The van der Waals surface area contributed by atoms with E-state index in [4.69, 9.17) is 0 Å². The van der Waals surface area contributed by atoms with Gasteiger partial charge in [-0.1, -0.05) is 6.07 Å². The molecule has 3 aromatic rings. The second-order valence-corrected chi connectivity index (χ2v) is 7.36. The van der Waals surface area contributed by atoms with Gasteiger partial charge < -0.3 is 0 Å². The minimum atomic E-state index is -0.462. The number of hydrogen-bond donors (Lipinski definition) is 1. The first-order chi connectivity index (χ1) is 12.8. The number of anilines is 1. The minimum Gasteiger partial charge on any atom is -0.298 e. The summed E-state index contributed by atoms with van der Waals surface area (Å²) < 4.78 is 0. The van der Waals surface area contributed by atoms with Gasteiger partial charge in [0.05, 0.1) is 10.6 Å². The van der Waals surface area contributed by atoms with E-state index in [9.17, 15) is 14.9 Å². The number of nitrogens with one attached hydrogen (secondary N) is 1. The van der Waals surface area contributed by atoms with Crippen LogP contribution in [-0.4, -0.2) is 15.8 Å². The van der Waals surface area contributed by atoms with Crippen LogP contribution in [0.2, 0.25) is 0 Å². The van der Waals surface area contributed by atoms with E-state index in [1.54, 1.807) is 6.92 Å². The molecule has 0 fully saturated rings. The number of nitro groups is 1. The molecule has 0 aliphatic carbocycles. The predicted octanol–water partition coefficient (Wildman–Crippen LogP) is 5.20. The Balaban J connectivity index is 1.82. The molecule has 6 nitrogen and oxygen atoms in total. The summed E-state index contributed by atoms with van der Waals surface area (Å²) in [6, 6.07) is 8.53. The van der Waals surface area contributed by atoms with Crippen molar-refractivity contribution < 1.29 is 9.72 Å². The molecule has 0 saturated carbocycles. The molecule has 0 saturated heterocycles. The van der Waals surface area contributed by atoms with Gasteiger partial charge in [-0.2, -0.15) is 0 Å². The Morgan fingerprint density at radius 3 is 2.41 bits per heavy atom. The fourth-order valence-electron chi connectivity index (χ4n) is 2.86. The average molecular weight is 381 g/mol. The van der Waals surface area contributed by atoms with Crippen LogP contribution in [0, 0.1) is 37.8 Å². The first-order valence-electron chi connectivity index (χ1n) is 8.36. The zero-order valence-electron chi connectivity index (χ0n) is 15.5. The van der Waals surface area contributed by atoms with Gasteiger partial charge in [-0.15, -0.1) is 11.3 Å². The van der Waals surface area contributed by atoms with Crippen molar-refractivity contribution in [2.75, 3.05) is 5.32 Å². The van der Waals surface area contributed by atoms with E-state index in [2.05, 4.69) is 36.3 Å². The van der Waals surface area contributed by atoms with Gasteiger partial charge >= 0.3 is 0 Å². The summed E-state index contributed by atoms with van der Waals surface area (Å²) in [6.45, 7) is 7.78. The third kappa shape index (κ3) is 3.88. The standard InChI is InChI=1S/C20H19N3O3S/c1-11-7-13(3)16(9-12(11)2)17-10-27-20(21-17)22-19(24)15-5-6-18(23(25)26)14(4)8-15/h5-10H,1-4H3,(H,21,22,24). The number of benzene rings is 2. The summed E-state index contributed by atoms with van der Waals surface area (Å²) in [7, 11) is 0. The highest BCUT2D eigenvalue weighted by Gasteiger charge is 2.15. The van der Waals surface area contributed by atoms with E-state index >= 15 is 0 Å². The maximum Gasteiger partial charge on any atom is 0.272 e. The average Bonchev–Trinajstić information content (AvgIpc) is 3.05. The van der Waals surface area contributed by atoms with Crippen LogP contribution in [-0.2, 0) is 0 Å². The van der Waals surface area contributed by atoms with Crippen LogP contribution in [0.15, 0.2) is 35.7 Å². The molecule has 1 aromatic heterocycles. The minimum absolute atomic E-state index is 0.00620. The van der Waals surface area contributed by atoms with Gasteiger partial charge in [0.2, 0.25) is 0 Å². The Hall–Kier alpha value is -3.06. The SMILES string of the molecule is Cc1cc(C)c(-c2csc(NC(=O)c3ccc([N+](=O)[O-])c(C)c3)n2)cc1C. The fourth-order valence-corrected chi connectivity index (χ4v) is 3.57. The molecule has 3 rings (SSSR count). The molecule has 0 radical (unpaired) electrons. The monoisotopic (exact) mass is 381 g/mol. The molecule has 0 atom stereocenters. The molecule has 27 heavy (non-hydrogen) atoms. The summed E-state index contributed by atoms with van der Waals surface area (Å²) >= 11 is 1.35. The van der Waals surface area contributed by atoms with Crippen molar-refractivity contribution in [1.29, 1.82) is 0 Å². The molecule has 0 bridgehead atoms. The maximum atomic E-state index is 12.4. The number of aromatic nitrogens is 1.